The molecule has 0 saturated carbocycles. The van der Waals surface area contributed by atoms with E-state index in [0.29, 0.717) is 34.7 Å². The Hall–Kier alpha value is -3.52. The first-order valence-electron chi connectivity index (χ1n) is 14.3. The molecule has 1 aromatic carbocycles. The second-order valence-corrected chi connectivity index (χ2v) is 12.6. The number of carbonyl (C=O) groups is 1. The molecule has 4 rings (SSSR count). The fraction of sp³-hybridized carbons (Fsp3) is 0.485. The SMILES string of the molecule is Cc1ncc(-c2cnc(OCCCc3ccccc3)c(F)c2)c(N2CCC(C)(C)CC2)c1C(OC(C)(C)C)C(=O)O. The molecule has 1 atom stereocenters. The van der Waals surface area contributed by atoms with Crippen molar-refractivity contribution in [2.75, 3.05) is 24.6 Å². The summed E-state index contributed by atoms with van der Waals surface area (Å²) in [5, 5.41) is 10.3. The van der Waals surface area contributed by atoms with Crippen LogP contribution in [0.4, 0.5) is 10.1 Å². The van der Waals surface area contributed by atoms with Crippen LogP contribution in [-0.2, 0) is 16.0 Å². The van der Waals surface area contributed by atoms with E-state index in [1.165, 1.54) is 11.6 Å². The Bertz CT molecular complexity index is 1340. The first kappa shape index (κ1) is 30.4. The second-order valence-electron chi connectivity index (χ2n) is 12.6. The van der Waals surface area contributed by atoms with Gasteiger partial charge in [-0.15, -0.1) is 0 Å². The summed E-state index contributed by atoms with van der Waals surface area (Å²) in [6.45, 7) is 13.6. The number of hydrogen-bond acceptors (Lipinski definition) is 6. The Kier molecular flexibility index (Phi) is 9.32. The number of hydrogen-bond donors (Lipinski definition) is 1. The van der Waals surface area contributed by atoms with Crippen molar-refractivity contribution in [3.63, 3.8) is 0 Å². The number of ether oxygens (including phenoxy) is 2. The zero-order valence-corrected chi connectivity index (χ0v) is 25.0. The van der Waals surface area contributed by atoms with Gasteiger partial charge in [0.1, 0.15) is 0 Å². The number of anilines is 1. The van der Waals surface area contributed by atoms with Gasteiger partial charge < -0.3 is 19.5 Å². The van der Waals surface area contributed by atoms with E-state index in [4.69, 9.17) is 9.47 Å². The van der Waals surface area contributed by atoms with Crippen molar-refractivity contribution >= 4 is 11.7 Å². The molecule has 0 amide bonds. The van der Waals surface area contributed by atoms with E-state index in [9.17, 15) is 9.90 Å². The summed E-state index contributed by atoms with van der Waals surface area (Å²) in [7, 11) is 0. The van der Waals surface area contributed by atoms with Gasteiger partial charge in [0.2, 0.25) is 5.88 Å². The molecule has 0 radical (unpaired) electrons. The zero-order valence-electron chi connectivity index (χ0n) is 25.0. The molecule has 220 valence electrons. The van der Waals surface area contributed by atoms with Crippen molar-refractivity contribution in [2.45, 2.75) is 78.9 Å². The highest BCUT2D eigenvalue weighted by molar-refractivity contribution is 5.86. The average molecular weight is 564 g/mol. The number of piperidine rings is 1. The maximum Gasteiger partial charge on any atom is 0.337 e. The molecule has 0 spiro atoms. The summed E-state index contributed by atoms with van der Waals surface area (Å²) in [5.41, 5.74) is 3.57. The van der Waals surface area contributed by atoms with Crippen LogP contribution in [0.25, 0.3) is 11.1 Å². The number of aliphatic carboxylic acids is 1. The van der Waals surface area contributed by atoms with Gasteiger partial charge in [-0.1, -0.05) is 44.2 Å². The van der Waals surface area contributed by atoms with Gasteiger partial charge in [-0.25, -0.2) is 14.2 Å². The summed E-state index contributed by atoms with van der Waals surface area (Å²) in [6.07, 6.45) is 5.45. The van der Waals surface area contributed by atoms with Crippen LogP contribution < -0.4 is 9.64 Å². The summed E-state index contributed by atoms with van der Waals surface area (Å²) >= 11 is 0. The third-order valence-corrected chi connectivity index (χ3v) is 7.49. The van der Waals surface area contributed by atoms with Gasteiger partial charge >= 0.3 is 5.97 Å². The van der Waals surface area contributed by atoms with Crippen molar-refractivity contribution in [1.29, 1.82) is 0 Å². The predicted octanol–water partition coefficient (Wildman–Crippen LogP) is 7.17. The van der Waals surface area contributed by atoms with Gasteiger partial charge in [-0.3, -0.25) is 4.98 Å². The topological polar surface area (TPSA) is 84.8 Å². The summed E-state index contributed by atoms with van der Waals surface area (Å²) in [5.74, 6) is -1.72. The van der Waals surface area contributed by atoms with Crippen LogP contribution in [0.3, 0.4) is 0 Å². The highest BCUT2D eigenvalue weighted by Crippen LogP contribution is 2.43. The quantitative estimate of drug-likeness (QED) is 0.262. The average Bonchev–Trinajstić information content (AvgIpc) is 2.90. The molecule has 1 saturated heterocycles. The standard InChI is InChI=1S/C33H42FN3O4/c1-22-27(29(31(38)39)41-32(2,3)4)28(37-16-14-33(5,6)15-17-37)25(21-35-22)24-19-26(34)30(36-20-24)40-18-10-13-23-11-8-7-9-12-23/h7-9,11-12,19-21,29H,10,13-18H2,1-6H3,(H,38,39). The van der Waals surface area contributed by atoms with Gasteiger partial charge in [0.25, 0.3) is 0 Å². The van der Waals surface area contributed by atoms with Crippen molar-refractivity contribution in [1.82, 2.24) is 9.97 Å². The molecule has 1 N–H and O–H groups in total. The molecule has 7 nitrogen and oxygen atoms in total. The first-order valence-corrected chi connectivity index (χ1v) is 14.3. The fourth-order valence-corrected chi connectivity index (χ4v) is 5.17. The number of nitrogens with zero attached hydrogens (tertiary/aromatic N) is 3. The number of carboxylic acids is 1. The second kappa shape index (κ2) is 12.6. The lowest BCUT2D eigenvalue weighted by Crippen LogP contribution is -2.39. The number of aryl methyl sites for hydroxylation is 2. The van der Waals surface area contributed by atoms with Crippen LogP contribution in [0.2, 0.25) is 0 Å². The van der Waals surface area contributed by atoms with Crippen LogP contribution in [0.5, 0.6) is 5.88 Å². The molecule has 0 bridgehead atoms. The first-order chi connectivity index (χ1) is 19.3. The maximum atomic E-state index is 15.3. The van der Waals surface area contributed by atoms with Gasteiger partial charge in [0, 0.05) is 47.9 Å². The third-order valence-electron chi connectivity index (χ3n) is 7.49. The summed E-state index contributed by atoms with van der Waals surface area (Å²) in [4.78, 5) is 23.6. The Balaban J connectivity index is 1.68. The molecule has 1 unspecified atom stereocenters. The summed E-state index contributed by atoms with van der Waals surface area (Å²) < 4.78 is 27.1. The van der Waals surface area contributed by atoms with Crippen molar-refractivity contribution in [3.8, 4) is 17.0 Å². The molecular weight excluding hydrogens is 521 g/mol. The van der Waals surface area contributed by atoms with Crippen LogP contribution in [-0.4, -0.2) is 46.3 Å². The van der Waals surface area contributed by atoms with Crippen LogP contribution in [0.15, 0.2) is 48.8 Å². The van der Waals surface area contributed by atoms with Gasteiger partial charge in [0.05, 0.1) is 17.9 Å². The molecular formula is C33H42FN3O4. The molecule has 8 heteroatoms. The summed E-state index contributed by atoms with van der Waals surface area (Å²) in [6, 6.07) is 11.5. The molecule has 2 aromatic heterocycles. The lowest BCUT2D eigenvalue weighted by Gasteiger charge is -2.40. The van der Waals surface area contributed by atoms with Crippen LogP contribution >= 0.6 is 0 Å². The van der Waals surface area contributed by atoms with E-state index in [1.807, 2.05) is 39.0 Å². The fourth-order valence-electron chi connectivity index (χ4n) is 5.17. The van der Waals surface area contributed by atoms with E-state index < -0.39 is 23.5 Å². The van der Waals surface area contributed by atoms with Gasteiger partial charge in [-0.2, -0.15) is 0 Å². The number of rotatable bonds is 10. The monoisotopic (exact) mass is 563 g/mol. The van der Waals surface area contributed by atoms with Crippen LogP contribution in [0, 0.1) is 18.2 Å². The largest absolute Gasteiger partial charge is 0.479 e. The van der Waals surface area contributed by atoms with Gasteiger partial charge in [0.15, 0.2) is 11.9 Å². The predicted molar refractivity (Wildman–Crippen MR) is 159 cm³/mol. The van der Waals surface area contributed by atoms with E-state index in [0.717, 1.165) is 38.8 Å². The van der Waals surface area contributed by atoms with Crippen LogP contribution in [0.1, 0.15) is 76.8 Å². The minimum absolute atomic E-state index is 0.0529. The maximum absolute atomic E-state index is 15.3. The van der Waals surface area contributed by atoms with Gasteiger partial charge in [-0.05, 0) is 70.4 Å². The number of pyridine rings is 2. The smallest absolute Gasteiger partial charge is 0.337 e. The molecule has 41 heavy (non-hydrogen) atoms. The normalized spacial score (nSPS) is 15.9. The third kappa shape index (κ3) is 7.82. The molecule has 1 fully saturated rings. The number of halogens is 1. The lowest BCUT2D eigenvalue weighted by molar-refractivity contribution is -0.160. The molecule has 1 aliphatic heterocycles. The number of carboxylic acid groups (broad SMARTS) is 1. The number of benzene rings is 1. The Labute approximate surface area is 242 Å². The molecule has 3 aromatic rings. The Morgan fingerprint density at radius 3 is 2.41 bits per heavy atom. The molecule has 3 heterocycles. The molecule has 0 aliphatic carbocycles. The minimum Gasteiger partial charge on any atom is -0.479 e. The minimum atomic E-state index is -1.24. The molecule has 1 aliphatic rings. The highest BCUT2D eigenvalue weighted by atomic mass is 19.1. The lowest BCUT2D eigenvalue weighted by atomic mass is 9.82. The van der Waals surface area contributed by atoms with E-state index in [2.05, 4.69) is 40.8 Å². The zero-order chi connectivity index (χ0) is 29.8. The van der Waals surface area contributed by atoms with Crippen molar-refractivity contribution in [3.05, 3.63) is 71.4 Å². The Morgan fingerprint density at radius 1 is 1.12 bits per heavy atom. The van der Waals surface area contributed by atoms with E-state index >= 15 is 4.39 Å². The van der Waals surface area contributed by atoms with Crippen molar-refractivity contribution in [2.24, 2.45) is 5.41 Å². The van der Waals surface area contributed by atoms with Crippen molar-refractivity contribution < 1.29 is 23.8 Å². The number of aromatic nitrogens is 2. The Morgan fingerprint density at radius 2 is 1.80 bits per heavy atom. The van der Waals surface area contributed by atoms with E-state index in [-0.39, 0.29) is 11.3 Å². The van der Waals surface area contributed by atoms with E-state index in [1.54, 1.807) is 19.3 Å². The highest BCUT2D eigenvalue weighted by Gasteiger charge is 2.36.